The average molecular weight is 186 g/mol. The number of nitrogens with zero attached hydrogens (tertiary/aromatic N) is 1. The summed E-state index contributed by atoms with van der Waals surface area (Å²) in [5, 5.41) is 2.62. The fraction of sp³-hybridized carbons (Fsp3) is 0.750. The minimum Gasteiger partial charge on any atom is -0.379 e. The number of carbonyl (C=O) groups is 2. The van der Waals surface area contributed by atoms with Gasteiger partial charge >= 0.3 is 6.03 Å². The van der Waals surface area contributed by atoms with E-state index >= 15 is 0 Å². The molecule has 1 unspecified atom stereocenters. The lowest BCUT2D eigenvalue weighted by molar-refractivity contribution is -0.129. The van der Waals surface area contributed by atoms with Crippen molar-refractivity contribution in [1.29, 1.82) is 0 Å². The molecular formula is C8H14N2O3. The Morgan fingerprint density at radius 2 is 2.31 bits per heavy atom. The van der Waals surface area contributed by atoms with Crippen LogP contribution in [0.4, 0.5) is 4.79 Å². The molecule has 74 valence electrons. The number of urea groups is 1. The van der Waals surface area contributed by atoms with Gasteiger partial charge in [-0.15, -0.1) is 0 Å². The van der Waals surface area contributed by atoms with Crippen LogP contribution in [-0.4, -0.2) is 43.1 Å². The van der Waals surface area contributed by atoms with Gasteiger partial charge < -0.3 is 10.1 Å². The van der Waals surface area contributed by atoms with Crippen LogP contribution in [0.3, 0.4) is 0 Å². The minimum absolute atomic E-state index is 0.177. The van der Waals surface area contributed by atoms with Crippen LogP contribution in [0.1, 0.15) is 13.3 Å². The molecule has 1 fully saturated rings. The van der Waals surface area contributed by atoms with Gasteiger partial charge in [-0.2, -0.15) is 0 Å². The summed E-state index contributed by atoms with van der Waals surface area (Å²) < 4.78 is 5.02. The fourth-order valence-electron chi connectivity index (χ4n) is 1.27. The van der Waals surface area contributed by atoms with E-state index in [1.807, 2.05) is 0 Å². The molecule has 1 aliphatic heterocycles. The molecule has 0 aromatic carbocycles. The van der Waals surface area contributed by atoms with Crippen molar-refractivity contribution in [2.75, 3.05) is 20.2 Å². The first-order valence-corrected chi connectivity index (χ1v) is 4.30. The summed E-state index contributed by atoms with van der Waals surface area (Å²) in [5.74, 6) is -0.177. The van der Waals surface area contributed by atoms with Gasteiger partial charge in [0.1, 0.15) is 0 Å². The van der Waals surface area contributed by atoms with Crippen LogP contribution in [0, 0.1) is 0 Å². The number of methoxy groups -OCH3 is 1. The molecule has 1 rings (SSSR count). The number of amides is 3. The second kappa shape index (κ2) is 4.23. The molecule has 1 atom stereocenters. The highest BCUT2D eigenvalue weighted by Gasteiger charge is 2.27. The van der Waals surface area contributed by atoms with Gasteiger partial charge in [0, 0.05) is 20.2 Å². The predicted molar refractivity (Wildman–Crippen MR) is 46.2 cm³/mol. The van der Waals surface area contributed by atoms with E-state index in [-0.39, 0.29) is 24.5 Å². The van der Waals surface area contributed by atoms with Crippen molar-refractivity contribution in [1.82, 2.24) is 10.2 Å². The monoisotopic (exact) mass is 186 g/mol. The Hall–Kier alpha value is -1.10. The Morgan fingerprint density at radius 1 is 1.62 bits per heavy atom. The van der Waals surface area contributed by atoms with Crippen molar-refractivity contribution in [2.45, 2.75) is 19.4 Å². The van der Waals surface area contributed by atoms with E-state index in [4.69, 9.17) is 4.74 Å². The number of hydrogen-bond donors (Lipinski definition) is 1. The SMILES string of the molecule is CCN1C(=O)CC(OC)CNC1=O. The highest BCUT2D eigenvalue weighted by molar-refractivity contribution is 5.95. The Labute approximate surface area is 77.0 Å². The number of imide groups is 1. The lowest BCUT2D eigenvalue weighted by Crippen LogP contribution is -2.41. The lowest BCUT2D eigenvalue weighted by Gasteiger charge is -2.15. The Balaban J connectivity index is 2.69. The predicted octanol–water partition coefficient (Wildman–Crippen LogP) is -0.0368. The van der Waals surface area contributed by atoms with Crippen LogP contribution in [0.2, 0.25) is 0 Å². The average Bonchev–Trinajstić information content (AvgIpc) is 2.25. The summed E-state index contributed by atoms with van der Waals surface area (Å²) in [5.41, 5.74) is 0. The zero-order valence-corrected chi connectivity index (χ0v) is 7.87. The van der Waals surface area contributed by atoms with Gasteiger partial charge in [0.15, 0.2) is 0 Å². The van der Waals surface area contributed by atoms with Crippen LogP contribution in [0.5, 0.6) is 0 Å². The number of nitrogens with one attached hydrogen (secondary N) is 1. The van der Waals surface area contributed by atoms with Crippen LogP contribution in [-0.2, 0) is 9.53 Å². The van der Waals surface area contributed by atoms with Gasteiger partial charge in [0.05, 0.1) is 12.5 Å². The van der Waals surface area contributed by atoms with E-state index in [9.17, 15) is 9.59 Å². The molecule has 13 heavy (non-hydrogen) atoms. The maximum absolute atomic E-state index is 11.4. The molecule has 0 spiro atoms. The number of hydrogen-bond acceptors (Lipinski definition) is 3. The van der Waals surface area contributed by atoms with Crippen LogP contribution >= 0.6 is 0 Å². The molecule has 0 aromatic heterocycles. The van der Waals surface area contributed by atoms with Crippen molar-refractivity contribution in [2.24, 2.45) is 0 Å². The lowest BCUT2D eigenvalue weighted by atomic mass is 10.2. The summed E-state index contributed by atoms with van der Waals surface area (Å²) in [4.78, 5) is 23.9. The molecule has 0 aromatic rings. The third-order valence-electron chi connectivity index (χ3n) is 2.08. The highest BCUT2D eigenvalue weighted by Crippen LogP contribution is 2.06. The van der Waals surface area contributed by atoms with Crippen LogP contribution in [0.25, 0.3) is 0 Å². The van der Waals surface area contributed by atoms with Gasteiger partial charge in [-0.1, -0.05) is 0 Å². The first-order valence-electron chi connectivity index (χ1n) is 4.30. The normalized spacial score (nSPS) is 24.2. The molecule has 0 radical (unpaired) electrons. The van der Waals surface area contributed by atoms with Crippen molar-refractivity contribution in [3.05, 3.63) is 0 Å². The van der Waals surface area contributed by atoms with Crippen molar-refractivity contribution in [3.63, 3.8) is 0 Å². The van der Waals surface area contributed by atoms with E-state index in [0.717, 1.165) is 0 Å². The molecule has 1 N–H and O–H groups in total. The largest absolute Gasteiger partial charge is 0.379 e. The van der Waals surface area contributed by atoms with E-state index in [0.29, 0.717) is 13.1 Å². The van der Waals surface area contributed by atoms with Crippen molar-refractivity contribution in [3.8, 4) is 0 Å². The Morgan fingerprint density at radius 3 is 2.85 bits per heavy atom. The third-order valence-corrected chi connectivity index (χ3v) is 2.08. The molecule has 0 aliphatic carbocycles. The summed E-state index contributed by atoms with van der Waals surface area (Å²) in [6, 6.07) is -0.327. The zero-order valence-electron chi connectivity index (χ0n) is 7.87. The second-order valence-corrected chi connectivity index (χ2v) is 2.89. The smallest absolute Gasteiger partial charge is 0.324 e. The van der Waals surface area contributed by atoms with E-state index in [1.54, 1.807) is 6.92 Å². The molecule has 5 nitrogen and oxygen atoms in total. The van der Waals surface area contributed by atoms with Gasteiger partial charge in [-0.25, -0.2) is 4.79 Å². The van der Waals surface area contributed by atoms with Gasteiger partial charge in [0.25, 0.3) is 0 Å². The minimum atomic E-state index is -0.327. The van der Waals surface area contributed by atoms with Crippen molar-refractivity contribution < 1.29 is 14.3 Å². The molecule has 5 heteroatoms. The third kappa shape index (κ3) is 2.18. The zero-order chi connectivity index (χ0) is 9.84. The summed E-state index contributed by atoms with van der Waals surface area (Å²) in [7, 11) is 1.53. The molecule has 3 amide bonds. The molecule has 0 saturated carbocycles. The van der Waals surface area contributed by atoms with Gasteiger partial charge in [-0.05, 0) is 6.92 Å². The Kier molecular flexibility index (Phi) is 3.25. The Bertz CT molecular complexity index is 217. The number of rotatable bonds is 2. The van der Waals surface area contributed by atoms with E-state index < -0.39 is 0 Å². The molecule has 0 bridgehead atoms. The highest BCUT2D eigenvalue weighted by atomic mass is 16.5. The van der Waals surface area contributed by atoms with E-state index in [2.05, 4.69) is 5.32 Å². The van der Waals surface area contributed by atoms with E-state index in [1.165, 1.54) is 12.0 Å². The summed E-state index contributed by atoms with van der Waals surface area (Å²) >= 11 is 0. The number of carbonyl (C=O) groups excluding carboxylic acids is 2. The summed E-state index contributed by atoms with van der Waals surface area (Å²) in [6.07, 6.45) is 0.0660. The molecule has 1 aliphatic rings. The van der Waals surface area contributed by atoms with Crippen LogP contribution < -0.4 is 5.32 Å². The standard InChI is InChI=1S/C8H14N2O3/c1-3-10-7(11)4-6(13-2)5-9-8(10)12/h6H,3-5H2,1-2H3,(H,9,12). The van der Waals surface area contributed by atoms with Gasteiger partial charge in [0.2, 0.25) is 5.91 Å². The van der Waals surface area contributed by atoms with Gasteiger partial charge in [-0.3, -0.25) is 9.69 Å². The van der Waals surface area contributed by atoms with Crippen molar-refractivity contribution >= 4 is 11.9 Å². The quantitative estimate of drug-likeness (QED) is 0.658. The first-order chi connectivity index (χ1) is 6.19. The second-order valence-electron chi connectivity index (χ2n) is 2.89. The topological polar surface area (TPSA) is 58.6 Å². The number of ether oxygens (including phenoxy) is 1. The fourth-order valence-corrected chi connectivity index (χ4v) is 1.27. The maximum atomic E-state index is 11.4. The maximum Gasteiger partial charge on any atom is 0.324 e. The molecule has 1 heterocycles. The molecule has 1 saturated heterocycles. The van der Waals surface area contributed by atoms with Crippen LogP contribution in [0.15, 0.2) is 0 Å². The molecular weight excluding hydrogens is 172 g/mol. The summed E-state index contributed by atoms with van der Waals surface area (Å²) in [6.45, 7) is 2.57. The first kappa shape index (κ1) is 9.98.